The van der Waals surface area contributed by atoms with E-state index in [1.54, 1.807) is 35.4 Å². The van der Waals surface area contributed by atoms with Gasteiger partial charge in [-0.3, -0.25) is 19.8 Å². The van der Waals surface area contributed by atoms with E-state index < -0.39 is 5.82 Å². The minimum absolute atomic E-state index is 0.0931. The number of H-pyrrole nitrogens is 1. The largest absolute Gasteiger partial charge is 0.453 e. The molecular formula is C22H23FN6O2. The second-order valence-electron chi connectivity index (χ2n) is 7.25. The van der Waals surface area contributed by atoms with E-state index in [2.05, 4.69) is 25.1 Å². The number of amides is 1. The summed E-state index contributed by atoms with van der Waals surface area (Å²) in [6.07, 6.45) is 6.22. The molecule has 1 aliphatic rings. The standard InChI is InChI=1S/C22H23FN6O2/c1-16-25-21(27-26-16)15-28-9-11-29(12-10-28)22(30)7-5-17-4-6-20(19(23)13-17)31-18-3-2-8-24-14-18/h2-8,13-14H,9-12,15H2,1H3,(H,25,26,27)/b7-5+. The lowest BCUT2D eigenvalue weighted by molar-refractivity contribution is -0.127. The average Bonchev–Trinajstić information content (AvgIpc) is 3.19. The van der Waals surface area contributed by atoms with Gasteiger partial charge >= 0.3 is 0 Å². The number of hydrogen-bond donors (Lipinski definition) is 1. The van der Waals surface area contributed by atoms with Gasteiger partial charge in [-0.1, -0.05) is 6.07 Å². The van der Waals surface area contributed by atoms with Gasteiger partial charge in [-0.05, 0) is 42.8 Å². The molecular weight excluding hydrogens is 399 g/mol. The normalized spacial score (nSPS) is 14.8. The van der Waals surface area contributed by atoms with E-state index in [1.807, 2.05) is 6.92 Å². The Labute approximate surface area is 179 Å². The number of aromatic amines is 1. The smallest absolute Gasteiger partial charge is 0.246 e. The van der Waals surface area contributed by atoms with Crippen molar-refractivity contribution in [2.24, 2.45) is 0 Å². The van der Waals surface area contributed by atoms with Crippen LogP contribution in [-0.2, 0) is 11.3 Å². The Bertz CT molecular complexity index is 1060. The van der Waals surface area contributed by atoms with Gasteiger partial charge in [-0.15, -0.1) is 0 Å². The van der Waals surface area contributed by atoms with Gasteiger partial charge in [0.05, 0.1) is 12.7 Å². The van der Waals surface area contributed by atoms with Crippen LogP contribution >= 0.6 is 0 Å². The van der Waals surface area contributed by atoms with Crippen LogP contribution in [-0.4, -0.2) is 62.1 Å². The Kier molecular flexibility index (Phi) is 6.32. The summed E-state index contributed by atoms with van der Waals surface area (Å²) in [5, 5.41) is 6.99. The molecule has 0 unspecified atom stereocenters. The number of nitrogens with zero attached hydrogens (tertiary/aromatic N) is 5. The first-order valence-electron chi connectivity index (χ1n) is 10.0. The van der Waals surface area contributed by atoms with Crippen molar-refractivity contribution < 1.29 is 13.9 Å². The fraction of sp³-hybridized carbons (Fsp3) is 0.273. The van der Waals surface area contributed by atoms with Crippen LogP contribution in [0, 0.1) is 12.7 Å². The van der Waals surface area contributed by atoms with Gasteiger partial charge in [0.15, 0.2) is 17.4 Å². The van der Waals surface area contributed by atoms with Gasteiger partial charge in [0.2, 0.25) is 5.91 Å². The van der Waals surface area contributed by atoms with Crippen molar-refractivity contribution in [3.8, 4) is 11.5 Å². The maximum Gasteiger partial charge on any atom is 0.246 e. The highest BCUT2D eigenvalue weighted by molar-refractivity contribution is 5.91. The topological polar surface area (TPSA) is 87.2 Å². The number of aryl methyl sites for hydroxylation is 1. The second-order valence-corrected chi connectivity index (χ2v) is 7.25. The molecule has 4 rings (SSSR count). The third kappa shape index (κ3) is 5.52. The van der Waals surface area contributed by atoms with E-state index in [9.17, 15) is 9.18 Å². The highest BCUT2D eigenvalue weighted by Gasteiger charge is 2.20. The molecule has 0 spiro atoms. The quantitative estimate of drug-likeness (QED) is 0.615. The minimum atomic E-state index is -0.505. The van der Waals surface area contributed by atoms with Crippen LogP contribution in [0.2, 0.25) is 0 Å². The number of pyridine rings is 1. The molecule has 0 aliphatic carbocycles. The van der Waals surface area contributed by atoms with Gasteiger partial charge in [0.25, 0.3) is 0 Å². The number of carbonyl (C=O) groups is 1. The Morgan fingerprint density at radius 1 is 1.26 bits per heavy atom. The Morgan fingerprint density at radius 3 is 2.77 bits per heavy atom. The van der Waals surface area contributed by atoms with Crippen molar-refractivity contribution in [1.82, 2.24) is 30.0 Å². The zero-order valence-electron chi connectivity index (χ0n) is 17.2. The van der Waals surface area contributed by atoms with Gasteiger partial charge < -0.3 is 9.64 Å². The number of benzene rings is 1. The molecule has 1 amide bonds. The number of nitrogens with one attached hydrogen (secondary N) is 1. The lowest BCUT2D eigenvalue weighted by Gasteiger charge is -2.33. The van der Waals surface area contributed by atoms with Crippen molar-refractivity contribution in [2.75, 3.05) is 26.2 Å². The molecule has 9 heteroatoms. The summed E-state index contributed by atoms with van der Waals surface area (Å²) in [6.45, 7) is 5.28. The zero-order valence-corrected chi connectivity index (χ0v) is 17.2. The summed E-state index contributed by atoms with van der Waals surface area (Å²) < 4.78 is 19.8. The summed E-state index contributed by atoms with van der Waals surface area (Å²) in [4.78, 5) is 24.7. The lowest BCUT2D eigenvalue weighted by atomic mass is 10.2. The van der Waals surface area contributed by atoms with E-state index in [4.69, 9.17) is 4.74 Å². The molecule has 1 saturated heterocycles. The van der Waals surface area contributed by atoms with E-state index in [-0.39, 0.29) is 11.7 Å². The molecule has 8 nitrogen and oxygen atoms in total. The summed E-state index contributed by atoms with van der Waals surface area (Å²) >= 11 is 0. The molecule has 0 radical (unpaired) electrons. The first-order chi connectivity index (χ1) is 15.1. The molecule has 1 aliphatic heterocycles. The Hall–Kier alpha value is -3.59. The molecule has 1 fully saturated rings. The number of piperazine rings is 1. The molecule has 31 heavy (non-hydrogen) atoms. The maximum absolute atomic E-state index is 14.3. The lowest BCUT2D eigenvalue weighted by Crippen LogP contribution is -2.47. The van der Waals surface area contributed by atoms with Gasteiger partial charge in [-0.2, -0.15) is 5.10 Å². The van der Waals surface area contributed by atoms with Gasteiger partial charge in [-0.25, -0.2) is 9.37 Å². The average molecular weight is 422 g/mol. The number of halogens is 1. The van der Waals surface area contributed by atoms with Crippen molar-refractivity contribution in [2.45, 2.75) is 13.5 Å². The monoisotopic (exact) mass is 422 g/mol. The first-order valence-corrected chi connectivity index (χ1v) is 10.0. The van der Waals surface area contributed by atoms with Gasteiger partial charge in [0, 0.05) is 38.5 Å². The highest BCUT2D eigenvalue weighted by Crippen LogP contribution is 2.24. The molecule has 3 heterocycles. The third-order valence-electron chi connectivity index (χ3n) is 4.93. The second kappa shape index (κ2) is 9.48. The molecule has 0 atom stereocenters. The van der Waals surface area contributed by atoms with Gasteiger partial charge in [0.1, 0.15) is 11.6 Å². The molecule has 160 valence electrons. The molecule has 0 bridgehead atoms. The van der Waals surface area contributed by atoms with Crippen molar-refractivity contribution in [3.05, 3.63) is 71.8 Å². The van der Waals surface area contributed by atoms with Crippen LogP contribution in [0.3, 0.4) is 0 Å². The third-order valence-corrected chi connectivity index (χ3v) is 4.93. The predicted octanol–water partition coefficient (Wildman–Crippen LogP) is 2.80. The number of ether oxygens (including phenoxy) is 1. The van der Waals surface area contributed by atoms with E-state index in [1.165, 1.54) is 24.4 Å². The summed E-state index contributed by atoms with van der Waals surface area (Å²) in [6, 6.07) is 7.99. The van der Waals surface area contributed by atoms with E-state index >= 15 is 0 Å². The SMILES string of the molecule is Cc1nc(CN2CCN(C(=O)/C=C/c3ccc(Oc4cccnc4)c(F)c3)CC2)n[nH]1. The van der Waals surface area contributed by atoms with E-state index in [0.717, 1.165) is 24.7 Å². The van der Waals surface area contributed by atoms with Crippen LogP contribution in [0.1, 0.15) is 17.2 Å². The maximum atomic E-state index is 14.3. The zero-order chi connectivity index (χ0) is 21.6. The van der Waals surface area contributed by atoms with Crippen LogP contribution in [0.5, 0.6) is 11.5 Å². The van der Waals surface area contributed by atoms with Crippen molar-refractivity contribution >= 4 is 12.0 Å². The van der Waals surface area contributed by atoms with Crippen LogP contribution in [0.15, 0.2) is 48.8 Å². The van der Waals surface area contributed by atoms with Crippen molar-refractivity contribution in [3.63, 3.8) is 0 Å². The number of carbonyl (C=O) groups excluding carboxylic acids is 1. The minimum Gasteiger partial charge on any atom is -0.453 e. The molecule has 2 aromatic heterocycles. The Balaban J connectivity index is 1.29. The summed E-state index contributed by atoms with van der Waals surface area (Å²) in [7, 11) is 0. The predicted molar refractivity (Wildman–Crippen MR) is 113 cm³/mol. The Morgan fingerprint density at radius 2 is 2.10 bits per heavy atom. The number of hydrogen-bond acceptors (Lipinski definition) is 6. The van der Waals surface area contributed by atoms with E-state index in [0.29, 0.717) is 30.9 Å². The summed E-state index contributed by atoms with van der Waals surface area (Å²) in [5.74, 6) is 1.52. The molecule has 1 aromatic carbocycles. The molecule has 3 aromatic rings. The number of aromatic nitrogens is 4. The van der Waals surface area contributed by atoms with Crippen LogP contribution in [0.4, 0.5) is 4.39 Å². The fourth-order valence-corrected chi connectivity index (χ4v) is 3.30. The first kappa shape index (κ1) is 20.7. The van der Waals surface area contributed by atoms with Crippen LogP contribution < -0.4 is 4.74 Å². The summed E-state index contributed by atoms with van der Waals surface area (Å²) in [5.41, 5.74) is 0.586. The highest BCUT2D eigenvalue weighted by atomic mass is 19.1. The number of rotatable bonds is 6. The molecule has 0 saturated carbocycles. The van der Waals surface area contributed by atoms with Crippen LogP contribution in [0.25, 0.3) is 6.08 Å². The van der Waals surface area contributed by atoms with Crippen molar-refractivity contribution in [1.29, 1.82) is 0 Å². The fourth-order valence-electron chi connectivity index (χ4n) is 3.30. The molecule has 1 N–H and O–H groups in total.